The molecule has 0 rings (SSSR count). The van der Waals surface area contributed by atoms with Crippen LogP contribution >= 0.6 is 0 Å². The van der Waals surface area contributed by atoms with Gasteiger partial charge in [-0.3, -0.25) is 0 Å². The summed E-state index contributed by atoms with van der Waals surface area (Å²) in [6.07, 6.45) is 7.33. The molecule has 1 N–H and O–H groups in total. The SMILES string of the molecule is CCCCC(CC)CCC(C)O.[CaH2]. The van der Waals surface area contributed by atoms with Gasteiger partial charge >= 0.3 is 37.7 Å². The van der Waals surface area contributed by atoms with Crippen LogP contribution in [-0.4, -0.2) is 48.9 Å². The minimum atomic E-state index is -0.110. The van der Waals surface area contributed by atoms with Gasteiger partial charge in [0.1, 0.15) is 0 Å². The molecular formula is C11H26CaO. The summed E-state index contributed by atoms with van der Waals surface area (Å²) >= 11 is 0. The zero-order valence-electron chi connectivity index (χ0n) is 8.84. The van der Waals surface area contributed by atoms with Gasteiger partial charge in [-0.25, -0.2) is 0 Å². The summed E-state index contributed by atoms with van der Waals surface area (Å²) in [4.78, 5) is 0. The monoisotopic (exact) mass is 214 g/mol. The zero-order chi connectivity index (χ0) is 9.40. The Morgan fingerprint density at radius 3 is 2.08 bits per heavy atom. The van der Waals surface area contributed by atoms with E-state index in [4.69, 9.17) is 5.11 Å². The number of rotatable bonds is 7. The molecule has 0 heterocycles. The summed E-state index contributed by atoms with van der Waals surface area (Å²) in [6, 6.07) is 0. The molecule has 13 heavy (non-hydrogen) atoms. The van der Waals surface area contributed by atoms with Crippen LogP contribution in [0.4, 0.5) is 0 Å². The molecule has 0 aromatic heterocycles. The molecule has 0 spiro atoms. The van der Waals surface area contributed by atoms with E-state index in [0.717, 1.165) is 12.3 Å². The first kappa shape index (κ1) is 16.6. The first-order valence-corrected chi connectivity index (χ1v) is 5.38. The Kier molecular flexibility index (Phi) is 14.5. The molecule has 0 amide bonds. The van der Waals surface area contributed by atoms with E-state index >= 15 is 0 Å². The second-order valence-corrected chi connectivity index (χ2v) is 3.84. The Hall–Kier alpha value is 1.22. The maximum absolute atomic E-state index is 9.12. The topological polar surface area (TPSA) is 20.2 Å². The molecule has 0 radical (unpaired) electrons. The fourth-order valence-corrected chi connectivity index (χ4v) is 1.52. The summed E-state index contributed by atoms with van der Waals surface area (Å²) < 4.78 is 0. The normalized spacial score (nSPS) is 14.8. The van der Waals surface area contributed by atoms with E-state index in [1.165, 1.54) is 32.1 Å². The van der Waals surface area contributed by atoms with Gasteiger partial charge in [-0.2, -0.15) is 0 Å². The molecule has 0 aliphatic carbocycles. The number of unbranched alkanes of at least 4 members (excludes halogenated alkanes) is 1. The van der Waals surface area contributed by atoms with E-state index in [9.17, 15) is 0 Å². The van der Waals surface area contributed by atoms with Gasteiger partial charge in [0, 0.05) is 0 Å². The van der Waals surface area contributed by atoms with Crippen molar-refractivity contribution in [2.24, 2.45) is 5.92 Å². The van der Waals surface area contributed by atoms with E-state index in [1.807, 2.05) is 6.92 Å². The third-order valence-electron chi connectivity index (χ3n) is 2.54. The molecule has 2 unspecified atom stereocenters. The Balaban J connectivity index is 0. The predicted molar refractivity (Wildman–Crippen MR) is 62.8 cm³/mol. The van der Waals surface area contributed by atoms with Crippen LogP contribution in [0.15, 0.2) is 0 Å². The summed E-state index contributed by atoms with van der Waals surface area (Å²) in [5, 5.41) is 9.12. The van der Waals surface area contributed by atoms with E-state index in [2.05, 4.69) is 13.8 Å². The van der Waals surface area contributed by atoms with Crippen molar-refractivity contribution in [1.29, 1.82) is 0 Å². The predicted octanol–water partition coefficient (Wildman–Crippen LogP) is 2.45. The van der Waals surface area contributed by atoms with Gasteiger partial charge in [-0.15, -0.1) is 0 Å². The van der Waals surface area contributed by atoms with E-state index in [-0.39, 0.29) is 43.8 Å². The molecule has 2 heteroatoms. The molecule has 0 aliphatic rings. The van der Waals surface area contributed by atoms with Crippen molar-refractivity contribution in [3.8, 4) is 0 Å². The molecule has 0 saturated heterocycles. The third kappa shape index (κ3) is 11.1. The molecule has 0 aromatic carbocycles. The first-order chi connectivity index (χ1) is 5.70. The van der Waals surface area contributed by atoms with Gasteiger partial charge in [-0.05, 0) is 25.7 Å². The Bertz CT molecular complexity index is 94.1. The molecule has 78 valence electrons. The molecule has 0 fully saturated rings. The number of hydrogen-bond acceptors (Lipinski definition) is 1. The molecule has 1 nitrogen and oxygen atoms in total. The van der Waals surface area contributed by atoms with Crippen LogP contribution in [0.5, 0.6) is 0 Å². The van der Waals surface area contributed by atoms with E-state index in [1.54, 1.807) is 0 Å². The first-order valence-electron chi connectivity index (χ1n) is 5.38. The van der Waals surface area contributed by atoms with Crippen molar-refractivity contribution in [1.82, 2.24) is 0 Å². The minimum absolute atomic E-state index is 0. The summed E-state index contributed by atoms with van der Waals surface area (Å²) in [7, 11) is 0. The average Bonchev–Trinajstić information content (AvgIpc) is 2.05. The van der Waals surface area contributed by atoms with Crippen LogP contribution in [0.1, 0.15) is 59.3 Å². The Morgan fingerprint density at radius 2 is 1.69 bits per heavy atom. The number of hydrogen-bond donors (Lipinski definition) is 1. The van der Waals surface area contributed by atoms with Crippen molar-refractivity contribution in [3.05, 3.63) is 0 Å². The molecule has 0 aromatic rings. The van der Waals surface area contributed by atoms with Crippen LogP contribution < -0.4 is 0 Å². The average molecular weight is 214 g/mol. The van der Waals surface area contributed by atoms with Crippen molar-refractivity contribution in [3.63, 3.8) is 0 Å². The van der Waals surface area contributed by atoms with Crippen LogP contribution in [-0.2, 0) is 0 Å². The van der Waals surface area contributed by atoms with Gasteiger partial charge in [0.25, 0.3) is 0 Å². The van der Waals surface area contributed by atoms with Gasteiger partial charge in [0.05, 0.1) is 6.10 Å². The fourth-order valence-electron chi connectivity index (χ4n) is 1.52. The fraction of sp³-hybridized carbons (Fsp3) is 1.00. The van der Waals surface area contributed by atoms with Crippen LogP contribution in [0, 0.1) is 5.92 Å². The standard InChI is InChI=1S/C11H24O.Ca.2H/c1-4-6-7-11(5-2)9-8-10(3)12;;;/h10-12H,4-9H2,1-3H3;;;. The van der Waals surface area contributed by atoms with Gasteiger partial charge in [0.15, 0.2) is 0 Å². The van der Waals surface area contributed by atoms with Crippen molar-refractivity contribution >= 4 is 37.7 Å². The van der Waals surface area contributed by atoms with Crippen LogP contribution in [0.3, 0.4) is 0 Å². The molecule has 0 bridgehead atoms. The van der Waals surface area contributed by atoms with Gasteiger partial charge in [0.2, 0.25) is 0 Å². The second-order valence-electron chi connectivity index (χ2n) is 3.84. The number of aliphatic hydroxyl groups excluding tert-OH is 1. The van der Waals surface area contributed by atoms with E-state index < -0.39 is 0 Å². The second kappa shape index (κ2) is 11.3. The summed E-state index contributed by atoms with van der Waals surface area (Å²) in [5.74, 6) is 0.847. The zero-order valence-corrected chi connectivity index (χ0v) is 8.84. The molecular weight excluding hydrogens is 188 g/mol. The Labute approximate surface area is 113 Å². The molecule has 0 aliphatic heterocycles. The number of aliphatic hydroxyl groups is 1. The van der Waals surface area contributed by atoms with Crippen molar-refractivity contribution in [2.45, 2.75) is 65.4 Å². The van der Waals surface area contributed by atoms with Gasteiger partial charge in [-0.1, -0.05) is 39.5 Å². The van der Waals surface area contributed by atoms with Crippen LogP contribution in [0.25, 0.3) is 0 Å². The van der Waals surface area contributed by atoms with Crippen LogP contribution in [0.2, 0.25) is 0 Å². The summed E-state index contributed by atoms with van der Waals surface area (Å²) in [6.45, 7) is 6.37. The molecule has 0 saturated carbocycles. The Morgan fingerprint density at radius 1 is 1.08 bits per heavy atom. The quantitative estimate of drug-likeness (QED) is 0.645. The van der Waals surface area contributed by atoms with Crippen molar-refractivity contribution < 1.29 is 5.11 Å². The maximum atomic E-state index is 9.12. The van der Waals surface area contributed by atoms with Crippen molar-refractivity contribution in [2.75, 3.05) is 0 Å². The molecule has 2 atom stereocenters. The van der Waals surface area contributed by atoms with Gasteiger partial charge < -0.3 is 5.11 Å². The summed E-state index contributed by atoms with van der Waals surface area (Å²) in [5.41, 5.74) is 0. The third-order valence-corrected chi connectivity index (χ3v) is 2.54. The van der Waals surface area contributed by atoms with E-state index in [0.29, 0.717) is 0 Å².